The Morgan fingerprint density at radius 3 is 2.92 bits per heavy atom. The van der Waals surface area contributed by atoms with Gasteiger partial charge in [-0.05, 0) is 6.92 Å². The van der Waals surface area contributed by atoms with Gasteiger partial charge in [-0.3, -0.25) is 4.79 Å². The lowest BCUT2D eigenvalue weighted by Crippen LogP contribution is -2.22. The number of hydrogen-bond donors (Lipinski definition) is 1. The first-order chi connectivity index (χ1) is 6.20. The summed E-state index contributed by atoms with van der Waals surface area (Å²) in [7, 11) is 3.31. The van der Waals surface area contributed by atoms with Crippen LogP contribution in [0.4, 0.5) is 5.69 Å². The molecule has 0 fully saturated rings. The Labute approximate surface area is 76.3 Å². The van der Waals surface area contributed by atoms with Crippen LogP contribution in [0.1, 0.15) is 6.92 Å². The normalized spacial score (nSPS) is 9.77. The highest BCUT2D eigenvalue weighted by Crippen LogP contribution is 2.16. The number of hydrogen-bond acceptors (Lipinski definition) is 4. The molecule has 0 amide bonds. The molecule has 0 radical (unpaired) electrons. The molecule has 1 aromatic heterocycles. The molecule has 0 aliphatic heterocycles. The largest absolute Gasteiger partial charge is 0.487 e. The van der Waals surface area contributed by atoms with E-state index in [9.17, 15) is 4.79 Å². The molecule has 0 spiro atoms. The first kappa shape index (κ1) is 9.57. The Hall–Kier alpha value is -1.52. The summed E-state index contributed by atoms with van der Waals surface area (Å²) in [6.07, 6.45) is 1.56. The zero-order valence-electron chi connectivity index (χ0n) is 8.00. The van der Waals surface area contributed by atoms with Crippen molar-refractivity contribution in [2.75, 3.05) is 19.0 Å². The number of nitrogens with one attached hydrogen (secondary N) is 1. The van der Waals surface area contributed by atoms with Crippen LogP contribution in [0.2, 0.25) is 0 Å². The summed E-state index contributed by atoms with van der Waals surface area (Å²) < 4.78 is 6.45. The number of aryl methyl sites for hydroxylation is 1. The van der Waals surface area contributed by atoms with E-state index in [2.05, 4.69) is 10.4 Å². The predicted molar refractivity (Wildman–Crippen MR) is 50.2 cm³/mol. The Bertz CT molecular complexity index is 346. The third kappa shape index (κ3) is 1.80. The van der Waals surface area contributed by atoms with Crippen LogP contribution in [0.15, 0.2) is 11.0 Å². The fraction of sp³-hybridized carbons (Fsp3) is 0.500. The maximum Gasteiger partial charge on any atom is 0.310 e. The molecule has 0 bridgehead atoms. The second-order valence-corrected chi connectivity index (χ2v) is 2.50. The molecule has 5 nitrogen and oxygen atoms in total. The van der Waals surface area contributed by atoms with Crippen molar-refractivity contribution in [2.45, 2.75) is 6.92 Å². The molecular weight excluding hydrogens is 170 g/mol. The smallest absolute Gasteiger partial charge is 0.310 e. The van der Waals surface area contributed by atoms with Crippen LogP contribution in [-0.2, 0) is 7.05 Å². The number of nitrogens with zero attached hydrogens (tertiary/aromatic N) is 2. The lowest BCUT2D eigenvalue weighted by Gasteiger charge is -2.08. The molecule has 1 rings (SSSR count). The lowest BCUT2D eigenvalue weighted by molar-refractivity contribution is 0.332. The molecule has 1 aromatic rings. The summed E-state index contributed by atoms with van der Waals surface area (Å²) >= 11 is 0. The van der Waals surface area contributed by atoms with Gasteiger partial charge in [-0.25, -0.2) is 4.68 Å². The van der Waals surface area contributed by atoms with Crippen molar-refractivity contribution in [1.29, 1.82) is 0 Å². The van der Waals surface area contributed by atoms with Gasteiger partial charge in [0.15, 0.2) is 0 Å². The van der Waals surface area contributed by atoms with Gasteiger partial charge in [-0.15, -0.1) is 0 Å². The molecule has 13 heavy (non-hydrogen) atoms. The average Bonchev–Trinajstić information content (AvgIpc) is 2.14. The van der Waals surface area contributed by atoms with Crippen LogP contribution in [0.25, 0.3) is 0 Å². The molecule has 1 heterocycles. The van der Waals surface area contributed by atoms with Gasteiger partial charge >= 0.3 is 5.56 Å². The van der Waals surface area contributed by atoms with Crippen molar-refractivity contribution in [3.05, 3.63) is 16.6 Å². The van der Waals surface area contributed by atoms with E-state index in [0.717, 1.165) is 0 Å². The number of aromatic nitrogens is 2. The highest BCUT2D eigenvalue weighted by atomic mass is 16.5. The number of rotatable bonds is 3. The molecule has 0 aliphatic carbocycles. The third-order valence-corrected chi connectivity index (χ3v) is 1.65. The van der Waals surface area contributed by atoms with Crippen LogP contribution in [-0.4, -0.2) is 23.4 Å². The van der Waals surface area contributed by atoms with E-state index in [-0.39, 0.29) is 5.56 Å². The van der Waals surface area contributed by atoms with Gasteiger partial charge in [0.05, 0.1) is 12.8 Å². The summed E-state index contributed by atoms with van der Waals surface area (Å²) in [6, 6.07) is 0. The quantitative estimate of drug-likeness (QED) is 0.728. The summed E-state index contributed by atoms with van der Waals surface area (Å²) in [5.74, 6) is 0.322. The summed E-state index contributed by atoms with van der Waals surface area (Å²) in [5.41, 5.74) is 0.388. The van der Waals surface area contributed by atoms with Crippen molar-refractivity contribution >= 4 is 5.69 Å². The molecule has 0 saturated carbocycles. The van der Waals surface area contributed by atoms with Crippen molar-refractivity contribution in [1.82, 2.24) is 9.78 Å². The van der Waals surface area contributed by atoms with Gasteiger partial charge in [0.25, 0.3) is 0 Å². The topological polar surface area (TPSA) is 56.1 Å². The fourth-order valence-electron chi connectivity index (χ4n) is 0.979. The Kier molecular flexibility index (Phi) is 2.89. The van der Waals surface area contributed by atoms with Crippen LogP contribution < -0.4 is 15.6 Å². The van der Waals surface area contributed by atoms with E-state index in [1.165, 1.54) is 4.68 Å². The molecule has 0 aliphatic rings. The van der Waals surface area contributed by atoms with E-state index in [1.807, 2.05) is 6.92 Å². The van der Waals surface area contributed by atoms with Gasteiger partial charge < -0.3 is 10.1 Å². The van der Waals surface area contributed by atoms with Gasteiger partial charge in [0, 0.05) is 14.1 Å². The van der Waals surface area contributed by atoms with Crippen molar-refractivity contribution in [3.8, 4) is 5.75 Å². The van der Waals surface area contributed by atoms with E-state index in [1.54, 1.807) is 20.3 Å². The van der Waals surface area contributed by atoms with Crippen LogP contribution >= 0.6 is 0 Å². The number of anilines is 1. The minimum Gasteiger partial charge on any atom is -0.487 e. The predicted octanol–water partition coefficient (Wildman–Crippen LogP) is 0.221. The summed E-state index contributed by atoms with van der Waals surface area (Å²) in [5, 5.41) is 6.70. The third-order valence-electron chi connectivity index (χ3n) is 1.65. The van der Waals surface area contributed by atoms with Crippen molar-refractivity contribution in [2.24, 2.45) is 7.05 Å². The maximum atomic E-state index is 11.5. The van der Waals surface area contributed by atoms with Crippen molar-refractivity contribution in [3.63, 3.8) is 0 Å². The zero-order chi connectivity index (χ0) is 9.84. The fourth-order valence-corrected chi connectivity index (χ4v) is 0.979. The van der Waals surface area contributed by atoms with Gasteiger partial charge in [-0.1, -0.05) is 0 Å². The van der Waals surface area contributed by atoms with Gasteiger partial charge in [-0.2, -0.15) is 5.10 Å². The molecule has 0 aromatic carbocycles. The Morgan fingerprint density at radius 2 is 2.38 bits per heavy atom. The Balaban J connectivity index is 3.24. The van der Waals surface area contributed by atoms with Gasteiger partial charge in [0.2, 0.25) is 5.75 Å². The van der Waals surface area contributed by atoms with E-state index >= 15 is 0 Å². The van der Waals surface area contributed by atoms with Gasteiger partial charge in [0.1, 0.15) is 5.69 Å². The van der Waals surface area contributed by atoms with Crippen molar-refractivity contribution < 1.29 is 4.74 Å². The highest BCUT2D eigenvalue weighted by molar-refractivity contribution is 5.52. The first-order valence-corrected chi connectivity index (χ1v) is 4.07. The van der Waals surface area contributed by atoms with Crippen LogP contribution in [0, 0.1) is 0 Å². The molecule has 0 saturated heterocycles. The lowest BCUT2D eigenvalue weighted by atomic mass is 10.4. The molecular formula is C8H13N3O2. The summed E-state index contributed by atoms with van der Waals surface area (Å²) in [4.78, 5) is 11.5. The molecule has 72 valence electrons. The van der Waals surface area contributed by atoms with E-state index in [0.29, 0.717) is 18.0 Å². The molecule has 5 heteroatoms. The molecule has 0 atom stereocenters. The first-order valence-electron chi connectivity index (χ1n) is 4.07. The highest BCUT2D eigenvalue weighted by Gasteiger charge is 2.08. The van der Waals surface area contributed by atoms with E-state index < -0.39 is 0 Å². The number of ether oxygens (including phenoxy) is 1. The van der Waals surface area contributed by atoms with E-state index in [4.69, 9.17) is 4.74 Å². The van der Waals surface area contributed by atoms with Crippen LogP contribution in [0.3, 0.4) is 0 Å². The second-order valence-electron chi connectivity index (χ2n) is 2.50. The SMILES string of the molecule is CCOc1c(NC)cnn(C)c1=O. The summed E-state index contributed by atoms with van der Waals surface area (Å²) in [6.45, 7) is 2.30. The average molecular weight is 183 g/mol. The molecule has 1 N–H and O–H groups in total. The maximum absolute atomic E-state index is 11.5. The monoisotopic (exact) mass is 183 g/mol. The minimum absolute atomic E-state index is 0.228. The minimum atomic E-state index is -0.228. The Morgan fingerprint density at radius 1 is 1.69 bits per heavy atom. The zero-order valence-corrected chi connectivity index (χ0v) is 8.00. The second kappa shape index (κ2) is 3.93. The standard InChI is InChI=1S/C8H13N3O2/c1-4-13-7-6(9-2)5-10-11(3)8(7)12/h5,9H,4H2,1-3H3. The van der Waals surface area contributed by atoms with Crippen LogP contribution in [0.5, 0.6) is 5.75 Å². The molecule has 0 unspecified atom stereocenters.